The number of hydrogen-bond donors (Lipinski definition) is 3. The maximum atomic E-state index is 11.9. The molecule has 1 unspecified atom stereocenters. The van der Waals surface area contributed by atoms with Crippen molar-refractivity contribution in [1.82, 2.24) is 10.6 Å². The minimum absolute atomic E-state index is 0.0390. The molecule has 3 N–H and O–H groups in total. The van der Waals surface area contributed by atoms with Crippen molar-refractivity contribution >= 4 is 5.91 Å². The zero-order chi connectivity index (χ0) is 13.0. The number of aromatic hydroxyl groups is 1. The highest BCUT2D eigenvalue weighted by atomic mass is 16.3. The van der Waals surface area contributed by atoms with Crippen molar-refractivity contribution in [2.24, 2.45) is 0 Å². The molecular formula is C14H20N2O2. The number of phenolic OH excluding ortho intramolecular Hbond substituents is 1. The second-order valence-electron chi connectivity index (χ2n) is 4.86. The lowest BCUT2D eigenvalue weighted by atomic mass is 10.1. The van der Waals surface area contributed by atoms with Crippen LogP contribution in [0.25, 0.3) is 0 Å². The molecule has 1 aromatic carbocycles. The molecular weight excluding hydrogens is 228 g/mol. The number of carbonyl (C=O) groups is 1. The number of benzene rings is 1. The Kier molecular flexibility index (Phi) is 4.20. The lowest BCUT2D eigenvalue weighted by Gasteiger charge is -2.11. The molecule has 2 rings (SSSR count). The molecule has 0 bridgehead atoms. The molecule has 0 aromatic heterocycles. The molecule has 0 aliphatic carbocycles. The fourth-order valence-electron chi connectivity index (χ4n) is 2.29. The smallest absolute Gasteiger partial charge is 0.255 e. The molecule has 1 aliphatic rings. The third-order valence-corrected chi connectivity index (χ3v) is 3.34. The fourth-order valence-corrected chi connectivity index (χ4v) is 2.29. The summed E-state index contributed by atoms with van der Waals surface area (Å²) in [5.74, 6) is -0.161. The SMILES string of the molecule is Cc1ccc(O)c(C(=O)NCCC2CCCN2)c1. The molecule has 1 saturated heterocycles. The van der Waals surface area contributed by atoms with Gasteiger partial charge in [-0.1, -0.05) is 11.6 Å². The van der Waals surface area contributed by atoms with Gasteiger partial charge in [0, 0.05) is 12.6 Å². The topological polar surface area (TPSA) is 61.4 Å². The van der Waals surface area contributed by atoms with Gasteiger partial charge in [-0.25, -0.2) is 0 Å². The summed E-state index contributed by atoms with van der Waals surface area (Å²) in [4.78, 5) is 11.9. The molecule has 1 atom stereocenters. The van der Waals surface area contributed by atoms with E-state index in [0.29, 0.717) is 18.2 Å². The summed E-state index contributed by atoms with van der Waals surface area (Å²) < 4.78 is 0. The summed E-state index contributed by atoms with van der Waals surface area (Å²) >= 11 is 0. The molecule has 1 aliphatic heterocycles. The molecule has 1 heterocycles. The van der Waals surface area contributed by atoms with Gasteiger partial charge in [-0.2, -0.15) is 0 Å². The van der Waals surface area contributed by atoms with Crippen molar-refractivity contribution in [3.63, 3.8) is 0 Å². The van der Waals surface area contributed by atoms with Gasteiger partial charge in [-0.05, 0) is 44.9 Å². The van der Waals surface area contributed by atoms with Crippen LogP contribution in [0, 0.1) is 6.92 Å². The number of aryl methyl sites for hydroxylation is 1. The predicted molar refractivity (Wildman–Crippen MR) is 70.8 cm³/mol. The summed E-state index contributed by atoms with van der Waals surface area (Å²) in [7, 11) is 0. The normalized spacial score (nSPS) is 18.8. The molecule has 4 heteroatoms. The maximum absolute atomic E-state index is 11.9. The Labute approximate surface area is 107 Å². The number of carbonyl (C=O) groups excluding carboxylic acids is 1. The Hall–Kier alpha value is -1.55. The molecule has 0 spiro atoms. The molecule has 18 heavy (non-hydrogen) atoms. The molecule has 1 amide bonds. The van der Waals surface area contributed by atoms with Crippen LogP contribution in [0.4, 0.5) is 0 Å². The van der Waals surface area contributed by atoms with E-state index >= 15 is 0 Å². The second kappa shape index (κ2) is 5.87. The first-order valence-corrected chi connectivity index (χ1v) is 6.48. The zero-order valence-electron chi connectivity index (χ0n) is 10.7. The lowest BCUT2D eigenvalue weighted by molar-refractivity contribution is 0.0949. The first-order chi connectivity index (χ1) is 8.66. The van der Waals surface area contributed by atoms with E-state index in [0.717, 1.165) is 18.5 Å². The van der Waals surface area contributed by atoms with Crippen molar-refractivity contribution in [2.75, 3.05) is 13.1 Å². The van der Waals surface area contributed by atoms with Gasteiger partial charge in [-0.15, -0.1) is 0 Å². The van der Waals surface area contributed by atoms with Crippen LogP contribution in [0.2, 0.25) is 0 Å². The van der Waals surface area contributed by atoms with Crippen LogP contribution in [0.1, 0.15) is 35.2 Å². The summed E-state index contributed by atoms with van der Waals surface area (Å²) in [6.45, 7) is 3.62. The number of rotatable bonds is 4. The van der Waals surface area contributed by atoms with Crippen molar-refractivity contribution in [3.8, 4) is 5.75 Å². The summed E-state index contributed by atoms with van der Waals surface area (Å²) in [6.07, 6.45) is 3.35. The third-order valence-electron chi connectivity index (χ3n) is 3.34. The van der Waals surface area contributed by atoms with Crippen LogP contribution in [-0.2, 0) is 0 Å². The van der Waals surface area contributed by atoms with Gasteiger partial charge in [0.05, 0.1) is 5.56 Å². The van der Waals surface area contributed by atoms with Gasteiger partial charge in [0.25, 0.3) is 5.91 Å². The highest BCUT2D eigenvalue weighted by molar-refractivity contribution is 5.96. The second-order valence-corrected chi connectivity index (χ2v) is 4.86. The van der Waals surface area contributed by atoms with Crippen LogP contribution in [0.3, 0.4) is 0 Å². The van der Waals surface area contributed by atoms with Crippen molar-refractivity contribution in [2.45, 2.75) is 32.2 Å². The molecule has 1 aromatic rings. The van der Waals surface area contributed by atoms with Gasteiger partial charge in [0.1, 0.15) is 5.75 Å². The fraction of sp³-hybridized carbons (Fsp3) is 0.500. The first-order valence-electron chi connectivity index (χ1n) is 6.48. The summed E-state index contributed by atoms with van der Waals surface area (Å²) in [5, 5.41) is 15.9. The Bertz CT molecular complexity index is 426. The van der Waals surface area contributed by atoms with Crippen LogP contribution >= 0.6 is 0 Å². The van der Waals surface area contributed by atoms with E-state index in [4.69, 9.17) is 0 Å². The number of amides is 1. The van der Waals surface area contributed by atoms with Crippen LogP contribution < -0.4 is 10.6 Å². The summed E-state index contributed by atoms with van der Waals surface area (Å²) in [5.41, 5.74) is 1.32. The minimum Gasteiger partial charge on any atom is -0.507 e. The Morgan fingerprint density at radius 2 is 2.39 bits per heavy atom. The highest BCUT2D eigenvalue weighted by Crippen LogP contribution is 2.18. The minimum atomic E-state index is -0.200. The summed E-state index contributed by atoms with van der Waals surface area (Å²) in [6, 6.07) is 5.58. The highest BCUT2D eigenvalue weighted by Gasteiger charge is 2.15. The van der Waals surface area contributed by atoms with E-state index in [1.54, 1.807) is 18.2 Å². The quantitative estimate of drug-likeness (QED) is 0.758. The number of nitrogens with one attached hydrogen (secondary N) is 2. The standard InChI is InChI=1S/C14H20N2O2/c1-10-4-5-13(17)12(9-10)14(18)16-8-6-11-3-2-7-15-11/h4-5,9,11,15,17H,2-3,6-8H2,1H3,(H,16,18). The van der Waals surface area contributed by atoms with Crippen LogP contribution in [0.15, 0.2) is 18.2 Å². The maximum Gasteiger partial charge on any atom is 0.255 e. The molecule has 4 nitrogen and oxygen atoms in total. The van der Waals surface area contributed by atoms with Gasteiger partial charge in [0.15, 0.2) is 0 Å². The predicted octanol–water partition coefficient (Wildman–Crippen LogP) is 1.57. The Balaban J connectivity index is 1.85. The van der Waals surface area contributed by atoms with E-state index in [2.05, 4.69) is 10.6 Å². The largest absolute Gasteiger partial charge is 0.507 e. The number of phenols is 1. The molecule has 98 valence electrons. The van der Waals surface area contributed by atoms with Gasteiger partial charge >= 0.3 is 0 Å². The average molecular weight is 248 g/mol. The third kappa shape index (κ3) is 3.23. The van der Waals surface area contributed by atoms with Crippen molar-refractivity contribution < 1.29 is 9.90 Å². The Morgan fingerprint density at radius 3 is 3.11 bits per heavy atom. The molecule has 0 saturated carbocycles. The lowest BCUT2D eigenvalue weighted by Crippen LogP contribution is -2.30. The van der Waals surface area contributed by atoms with E-state index in [1.807, 2.05) is 6.92 Å². The molecule has 0 radical (unpaired) electrons. The van der Waals surface area contributed by atoms with Crippen molar-refractivity contribution in [3.05, 3.63) is 29.3 Å². The van der Waals surface area contributed by atoms with Crippen LogP contribution in [-0.4, -0.2) is 30.1 Å². The van der Waals surface area contributed by atoms with Crippen LogP contribution in [0.5, 0.6) is 5.75 Å². The average Bonchev–Trinajstić information content (AvgIpc) is 2.85. The zero-order valence-corrected chi connectivity index (χ0v) is 10.7. The van der Waals surface area contributed by atoms with Gasteiger partial charge in [0.2, 0.25) is 0 Å². The monoisotopic (exact) mass is 248 g/mol. The Morgan fingerprint density at radius 1 is 1.56 bits per heavy atom. The first kappa shape index (κ1) is 12.9. The van der Waals surface area contributed by atoms with E-state index in [1.165, 1.54) is 12.8 Å². The van der Waals surface area contributed by atoms with E-state index in [-0.39, 0.29) is 11.7 Å². The van der Waals surface area contributed by atoms with Crippen molar-refractivity contribution in [1.29, 1.82) is 0 Å². The van der Waals surface area contributed by atoms with E-state index in [9.17, 15) is 9.90 Å². The molecule has 1 fully saturated rings. The van der Waals surface area contributed by atoms with Gasteiger partial charge < -0.3 is 15.7 Å². The number of hydrogen-bond acceptors (Lipinski definition) is 3. The van der Waals surface area contributed by atoms with Gasteiger partial charge in [-0.3, -0.25) is 4.79 Å². The van der Waals surface area contributed by atoms with E-state index < -0.39 is 0 Å².